The third-order valence-electron chi connectivity index (χ3n) is 2.86. The summed E-state index contributed by atoms with van der Waals surface area (Å²) >= 11 is 1.33. The predicted molar refractivity (Wildman–Crippen MR) is 76.7 cm³/mol. The molecule has 1 amide bonds. The minimum Gasteiger partial charge on any atom is -0.492 e. The van der Waals surface area contributed by atoms with Gasteiger partial charge in [-0.05, 0) is 12.8 Å². The molecule has 1 aromatic heterocycles. The summed E-state index contributed by atoms with van der Waals surface area (Å²) in [5.74, 6) is 0.374. The fraction of sp³-hybridized carbons (Fsp3) is 0.583. The Hall–Kier alpha value is -1.43. The molecule has 0 saturated carbocycles. The minimum absolute atomic E-state index is 0.187. The number of nitrogens with one attached hydrogen (secondary N) is 2. The van der Waals surface area contributed by atoms with Crippen LogP contribution in [0.1, 0.15) is 36.4 Å². The molecule has 1 rings (SSSR count). The van der Waals surface area contributed by atoms with Gasteiger partial charge in [-0.1, -0.05) is 13.8 Å². The Morgan fingerprint density at radius 2 is 2.06 bits per heavy atom. The fourth-order valence-electron chi connectivity index (χ4n) is 1.69. The van der Waals surface area contributed by atoms with Gasteiger partial charge in [-0.2, -0.15) is 0 Å². The Morgan fingerprint density at radius 1 is 1.44 bits per heavy atom. The van der Waals surface area contributed by atoms with Crippen molar-refractivity contribution >= 4 is 27.9 Å². The summed E-state index contributed by atoms with van der Waals surface area (Å²) in [5.41, 5.74) is 6.33. The molecule has 0 bridgehead atoms. The van der Waals surface area contributed by atoms with Crippen LogP contribution in [0.5, 0.6) is 5.75 Å². The molecule has 5 nitrogen and oxygen atoms in total. The van der Waals surface area contributed by atoms with Gasteiger partial charge < -0.3 is 21.1 Å². The number of thiophene rings is 1. The Kier molecular flexibility index (Phi) is 5.27. The second-order valence-corrected chi connectivity index (χ2v) is 4.96. The van der Waals surface area contributed by atoms with E-state index in [1.165, 1.54) is 11.3 Å². The van der Waals surface area contributed by atoms with Crippen molar-refractivity contribution < 1.29 is 9.53 Å². The number of methoxy groups -OCH3 is 1. The SMILES string of the molecule is CCC(CC)Nc1sc(C(=O)NC)c(N)c1OC. The van der Waals surface area contributed by atoms with E-state index < -0.39 is 0 Å². The molecule has 0 spiro atoms. The van der Waals surface area contributed by atoms with Crippen molar-refractivity contribution in [3.63, 3.8) is 0 Å². The van der Waals surface area contributed by atoms with Gasteiger partial charge in [0, 0.05) is 13.1 Å². The average Bonchev–Trinajstić information content (AvgIpc) is 2.71. The molecule has 0 fully saturated rings. The van der Waals surface area contributed by atoms with E-state index in [0.717, 1.165) is 17.8 Å². The molecule has 4 N–H and O–H groups in total. The van der Waals surface area contributed by atoms with E-state index in [9.17, 15) is 4.79 Å². The summed E-state index contributed by atoms with van der Waals surface area (Å²) in [5, 5.41) is 6.77. The van der Waals surface area contributed by atoms with Crippen molar-refractivity contribution in [3.05, 3.63) is 4.88 Å². The van der Waals surface area contributed by atoms with Gasteiger partial charge >= 0.3 is 0 Å². The molecule has 0 atom stereocenters. The van der Waals surface area contributed by atoms with Crippen molar-refractivity contribution in [3.8, 4) is 5.75 Å². The van der Waals surface area contributed by atoms with Crippen LogP contribution in [0, 0.1) is 0 Å². The second kappa shape index (κ2) is 6.49. The highest BCUT2D eigenvalue weighted by atomic mass is 32.1. The minimum atomic E-state index is -0.187. The molecule has 0 radical (unpaired) electrons. The summed E-state index contributed by atoms with van der Waals surface area (Å²) in [7, 11) is 3.14. The number of carbonyl (C=O) groups is 1. The molecule has 1 heterocycles. The van der Waals surface area contributed by atoms with Gasteiger partial charge in [0.05, 0.1) is 7.11 Å². The fourth-order valence-corrected chi connectivity index (χ4v) is 2.80. The van der Waals surface area contributed by atoms with E-state index in [0.29, 0.717) is 22.4 Å². The molecule has 0 aliphatic rings. The van der Waals surface area contributed by atoms with Crippen LogP contribution in [-0.2, 0) is 0 Å². The molecule has 102 valence electrons. The zero-order valence-corrected chi connectivity index (χ0v) is 12.1. The van der Waals surface area contributed by atoms with Crippen molar-refractivity contribution in [1.82, 2.24) is 5.32 Å². The van der Waals surface area contributed by atoms with Crippen LogP contribution >= 0.6 is 11.3 Å². The summed E-state index contributed by atoms with van der Waals surface area (Å²) in [4.78, 5) is 12.2. The zero-order chi connectivity index (χ0) is 13.7. The van der Waals surface area contributed by atoms with E-state index in [1.54, 1.807) is 14.2 Å². The summed E-state index contributed by atoms with van der Waals surface area (Å²) in [6.45, 7) is 4.23. The van der Waals surface area contributed by atoms with Crippen LogP contribution in [-0.4, -0.2) is 26.1 Å². The Labute approximate surface area is 112 Å². The number of nitrogen functional groups attached to an aromatic ring is 1. The first-order valence-corrected chi connectivity index (χ1v) is 6.85. The zero-order valence-electron chi connectivity index (χ0n) is 11.3. The Morgan fingerprint density at radius 3 is 2.50 bits per heavy atom. The molecular weight excluding hydrogens is 250 g/mol. The van der Waals surface area contributed by atoms with Crippen LogP contribution in [0.25, 0.3) is 0 Å². The highest BCUT2D eigenvalue weighted by Crippen LogP contribution is 2.42. The number of hydrogen-bond donors (Lipinski definition) is 3. The number of anilines is 2. The highest BCUT2D eigenvalue weighted by molar-refractivity contribution is 7.19. The Balaban J connectivity index is 3.07. The number of carbonyl (C=O) groups excluding carboxylic acids is 1. The molecular formula is C12H21N3O2S. The molecule has 6 heteroatoms. The summed E-state index contributed by atoms with van der Waals surface area (Å²) in [6.07, 6.45) is 2.01. The molecule has 1 aromatic rings. The molecule has 0 aromatic carbocycles. The van der Waals surface area contributed by atoms with Gasteiger partial charge in [-0.25, -0.2) is 0 Å². The normalized spacial score (nSPS) is 10.5. The maximum absolute atomic E-state index is 11.7. The van der Waals surface area contributed by atoms with E-state index in [1.807, 2.05) is 0 Å². The molecule has 0 aliphatic heterocycles. The Bertz CT molecular complexity index is 414. The van der Waals surface area contributed by atoms with Gasteiger partial charge in [-0.3, -0.25) is 4.79 Å². The predicted octanol–water partition coefficient (Wildman–Crippen LogP) is 2.30. The molecule has 0 saturated heterocycles. The number of amides is 1. The molecule has 18 heavy (non-hydrogen) atoms. The number of hydrogen-bond acceptors (Lipinski definition) is 5. The van der Waals surface area contributed by atoms with Gasteiger partial charge in [0.1, 0.15) is 15.6 Å². The van der Waals surface area contributed by atoms with Crippen LogP contribution < -0.4 is 21.1 Å². The van der Waals surface area contributed by atoms with Gasteiger partial charge in [0.2, 0.25) is 0 Å². The third-order valence-corrected chi connectivity index (χ3v) is 3.97. The lowest BCUT2D eigenvalue weighted by molar-refractivity contribution is 0.0967. The van der Waals surface area contributed by atoms with Crippen molar-refractivity contribution in [1.29, 1.82) is 0 Å². The summed E-state index contributed by atoms with van der Waals surface area (Å²) in [6, 6.07) is 0.356. The van der Waals surface area contributed by atoms with Gasteiger partial charge in [-0.15, -0.1) is 11.3 Å². The van der Waals surface area contributed by atoms with E-state index in [4.69, 9.17) is 10.5 Å². The monoisotopic (exact) mass is 271 g/mol. The first-order valence-electron chi connectivity index (χ1n) is 6.03. The average molecular weight is 271 g/mol. The van der Waals surface area contributed by atoms with Crippen LogP contribution in [0.15, 0.2) is 0 Å². The number of rotatable bonds is 6. The van der Waals surface area contributed by atoms with Crippen LogP contribution in [0.3, 0.4) is 0 Å². The lowest BCUT2D eigenvalue weighted by Gasteiger charge is -2.15. The third kappa shape index (κ3) is 2.87. The maximum Gasteiger partial charge on any atom is 0.263 e. The topological polar surface area (TPSA) is 76.4 Å². The standard InChI is InChI=1S/C12H21N3O2S/c1-5-7(6-2)15-12-9(17-4)8(13)10(18-12)11(16)14-3/h7,15H,5-6,13H2,1-4H3,(H,14,16). The number of ether oxygens (including phenoxy) is 1. The van der Waals surface area contributed by atoms with Crippen molar-refractivity contribution in [2.75, 3.05) is 25.2 Å². The van der Waals surface area contributed by atoms with E-state index in [2.05, 4.69) is 24.5 Å². The molecule has 0 aliphatic carbocycles. The molecule has 0 unspecified atom stereocenters. The lowest BCUT2D eigenvalue weighted by Crippen LogP contribution is -2.17. The van der Waals surface area contributed by atoms with Crippen molar-refractivity contribution in [2.24, 2.45) is 0 Å². The van der Waals surface area contributed by atoms with Gasteiger partial charge in [0.25, 0.3) is 5.91 Å². The quantitative estimate of drug-likeness (QED) is 0.742. The number of nitrogens with two attached hydrogens (primary N) is 1. The first-order chi connectivity index (χ1) is 8.58. The van der Waals surface area contributed by atoms with Crippen LogP contribution in [0.2, 0.25) is 0 Å². The lowest BCUT2D eigenvalue weighted by atomic mass is 10.2. The summed E-state index contributed by atoms with van der Waals surface area (Å²) < 4.78 is 5.28. The van der Waals surface area contributed by atoms with E-state index >= 15 is 0 Å². The smallest absolute Gasteiger partial charge is 0.263 e. The second-order valence-electron chi connectivity index (χ2n) is 3.94. The van der Waals surface area contributed by atoms with E-state index in [-0.39, 0.29) is 5.91 Å². The maximum atomic E-state index is 11.7. The first kappa shape index (κ1) is 14.6. The largest absolute Gasteiger partial charge is 0.492 e. The van der Waals surface area contributed by atoms with Crippen LogP contribution in [0.4, 0.5) is 10.7 Å². The highest BCUT2D eigenvalue weighted by Gasteiger charge is 2.22. The van der Waals surface area contributed by atoms with Gasteiger partial charge in [0.15, 0.2) is 5.75 Å². The van der Waals surface area contributed by atoms with Crippen molar-refractivity contribution in [2.45, 2.75) is 32.7 Å².